The molecule has 1 aliphatic rings. The van der Waals surface area contributed by atoms with Crippen LogP contribution in [0.15, 0.2) is 18.2 Å². The van der Waals surface area contributed by atoms with E-state index in [2.05, 4.69) is 5.32 Å². The van der Waals surface area contributed by atoms with E-state index < -0.39 is 0 Å². The molecule has 1 N–H and O–H groups in total. The molecule has 1 saturated carbocycles. The topological polar surface area (TPSA) is 29.1 Å². The number of nitrogens with one attached hydrogen (secondary N) is 1. The fraction of sp³-hybridized carbons (Fsp3) is 0.462. The second-order valence-electron chi connectivity index (χ2n) is 4.42. The molecular weight excluding hydrogens is 222 g/mol. The van der Waals surface area contributed by atoms with Gasteiger partial charge >= 0.3 is 0 Å². The van der Waals surface area contributed by atoms with E-state index >= 15 is 0 Å². The van der Waals surface area contributed by atoms with Crippen LogP contribution in [0.3, 0.4) is 0 Å². The summed E-state index contributed by atoms with van der Waals surface area (Å²) in [5, 5.41) is 4.25. The fourth-order valence-corrected chi connectivity index (χ4v) is 2.32. The minimum atomic E-state index is 0.394. The highest BCUT2D eigenvalue weighted by Gasteiger charge is 2.18. The Morgan fingerprint density at radius 2 is 2.00 bits per heavy atom. The summed E-state index contributed by atoms with van der Waals surface area (Å²) < 4.78 is 0. The van der Waals surface area contributed by atoms with Crippen molar-refractivity contribution < 1.29 is 4.79 Å². The van der Waals surface area contributed by atoms with Gasteiger partial charge < -0.3 is 5.32 Å². The Balaban J connectivity index is 2.01. The fourth-order valence-electron chi connectivity index (χ4n) is 2.09. The average Bonchev–Trinajstić information content (AvgIpc) is 2.25. The van der Waals surface area contributed by atoms with Crippen molar-refractivity contribution in [3.05, 3.63) is 28.8 Å². The maximum atomic E-state index is 11.1. The van der Waals surface area contributed by atoms with Crippen molar-refractivity contribution in [2.45, 2.75) is 38.6 Å². The van der Waals surface area contributed by atoms with Crippen molar-refractivity contribution in [3.63, 3.8) is 0 Å². The maximum Gasteiger partial charge on any atom is 0.133 e. The van der Waals surface area contributed by atoms with Crippen LogP contribution in [-0.4, -0.2) is 11.8 Å². The molecule has 0 bridgehead atoms. The number of hydrogen-bond acceptors (Lipinski definition) is 2. The second-order valence-corrected chi connectivity index (χ2v) is 4.85. The van der Waals surface area contributed by atoms with Gasteiger partial charge in [-0.3, -0.25) is 4.79 Å². The Morgan fingerprint density at radius 1 is 1.31 bits per heavy atom. The van der Waals surface area contributed by atoms with Crippen LogP contribution < -0.4 is 5.32 Å². The van der Waals surface area contributed by atoms with Gasteiger partial charge in [-0.2, -0.15) is 0 Å². The number of carbonyl (C=O) groups is 1. The third kappa shape index (κ3) is 2.76. The van der Waals surface area contributed by atoms with Crippen LogP contribution in [0.4, 0.5) is 5.69 Å². The number of ketones is 1. The lowest BCUT2D eigenvalue weighted by Crippen LogP contribution is -2.26. The third-order valence-electron chi connectivity index (χ3n) is 3.09. The molecule has 2 nitrogen and oxygen atoms in total. The van der Waals surface area contributed by atoms with E-state index in [9.17, 15) is 4.79 Å². The summed E-state index contributed by atoms with van der Waals surface area (Å²) in [4.78, 5) is 11.1. The van der Waals surface area contributed by atoms with E-state index in [1.54, 1.807) is 0 Å². The van der Waals surface area contributed by atoms with Gasteiger partial charge in [0.25, 0.3) is 0 Å². The molecule has 0 aromatic heterocycles. The van der Waals surface area contributed by atoms with Crippen molar-refractivity contribution >= 4 is 23.1 Å². The van der Waals surface area contributed by atoms with Crippen LogP contribution in [-0.2, 0) is 4.79 Å². The van der Waals surface area contributed by atoms with Gasteiger partial charge in [-0.15, -0.1) is 0 Å². The average molecular weight is 238 g/mol. The number of carbonyl (C=O) groups excluding carboxylic acids is 1. The van der Waals surface area contributed by atoms with Crippen LogP contribution in [0.25, 0.3) is 0 Å². The highest BCUT2D eigenvalue weighted by atomic mass is 35.5. The molecule has 86 valence electrons. The van der Waals surface area contributed by atoms with Gasteiger partial charge in [0.2, 0.25) is 0 Å². The van der Waals surface area contributed by atoms with Crippen LogP contribution in [0, 0.1) is 6.92 Å². The second kappa shape index (κ2) is 4.88. The van der Waals surface area contributed by atoms with E-state index in [1.165, 1.54) is 0 Å². The van der Waals surface area contributed by atoms with Crippen molar-refractivity contribution in [2.24, 2.45) is 0 Å². The molecule has 1 aromatic carbocycles. The monoisotopic (exact) mass is 237 g/mol. The van der Waals surface area contributed by atoms with Crippen molar-refractivity contribution in [1.82, 2.24) is 0 Å². The summed E-state index contributed by atoms with van der Waals surface area (Å²) in [6, 6.07) is 6.29. The molecule has 0 radical (unpaired) electrons. The number of halogens is 1. The lowest BCUT2D eigenvalue weighted by molar-refractivity contribution is -0.120. The smallest absolute Gasteiger partial charge is 0.133 e. The first-order valence-electron chi connectivity index (χ1n) is 5.69. The van der Waals surface area contributed by atoms with Crippen molar-refractivity contribution in [1.29, 1.82) is 0 Å². The molecule has 1 aliphatic carbocycles. The van der Waals surface area contributed by atoms with E-state index in [4.69, 9.17) is 11.6 Å². The minimum Gasteiger partial charge on any atom is -0.382 e. The normalized spacial score (nSPS) is 17.5. The van der Waals surface area contributed by atoms with Crippen LogP contribution >= 0.6 is 11.6 Å². The summed E-state index contributed by atoms with van der Waals surface area (Å²) in [6.07, 6.45) is 3.32. The number of anilines is 1. The number of hydrogen-bond donors (Lipinski definition) is 1. The Bertz CT molecular complexity index is 393. The quantitative estimate of drug-likeness (QED) is 0.852. The first-order valence-corrected chi connectivity index (χ1v) is 6.07. The highest BCUT2D eigenvalue weighted by Crippen LogP contribution is 2.24. The van der Waals surface area contributed by atoms with Crippen molar-refractivity contribution in [3.8, 4) is 0 Å². The Hall–Kier alpha value is -1.02. The molecule has 0 unspecified atom stereocenters. The van der Waals surface area contributed by atoms with Crippen molar-refractivity contribution in [2.75, 3.05) is 5.32 Å². The van der Waals surface area contributed by atoms with E-state index in [-0.39, 0.29) is 0 Å². The molecule has 1 fully saturated rings. The Kier molecular flexibility index (Phi) is 3.49. The van der Waals surface area contributed by atoms with Gasteiger partial charge in [-0.05, 0) is 43.5 Å². The summed E-state index contributed by atoms with van der Waals surface area (Å²) in [5.74, 6) is 0.394. The van der Waals surface area contributed by atoms with Crippen LogP contribution in [0.5, 0.6) is 0 Å². The van der Waals surface area contributed by atoms with E-state index in [0.29, 0.717) is 24.7 Å². The SMILES string of the molecule is Cc1cc(Cl)ccc1NC1CCC(=O)CC1. The molecule has 0 atom stereocenters. The third-order valence-corrected chi connectivity index (χ3v) is 3.33. The number of benzene rings is 1. The molecule has 3 heteroatoms. The molecule has 0 spiro atoms. The summed E-state index contributed by atoms with van der Waals surface area (Å²) >= 11 is 5.91. The molecule has 0 amide bonds. The molecule has 0 heterocycles. The Morgan fingerprint density at radius 3 is 2.62 bits per heavy atom. The molecule has 1 aromatic rings. The summed E-state index contributed by atoms with van der Waals surface area (Å²) in [6.45, 7) is 2.04. The van der Waals surface area contributed by atoms with Gasteiger partial charge in [0, 0.05) is 29.6 Å². The molecule has 0 saturated heterocycles. The van der Waals surface area contributed by atoms with E-state index in [0.717, 1.165) is 29.1 Å². The van der Waals surface area contributed by atoms with Crippen LogP contribution in [0.1, 0.15) is 31.2 Å². The van der Waals surface area contributed by atoms with E-state index in [1.807, 2.05) is 25.1 Å². The van der Waals surface area contributed by atoms with Gasteiger partial charge in [0.15, 0.2) is 0 Å². The lowest BCUT2D eigenvalue weighted by atomic mass is 9.94. The molecular formula is C13H16ClNO. The zero-order valence-corrected chi connectivity index (χ0v) is 10.2. The zero-order chi connectivity index (χ0) is 11.5. The first kappa shape index (κ1) is 11.5. The predicted molar refractivity (Wildman–Crippen MR) is 67.1 cm³/mol. The lowest BCUT2D eigenvalue weighted by Gasteiger charge is -2.24. The van der Waals surface area contributed by atoms with Crippen LogP contribution in [0.2, 0.25) is 5.02 Å². The van der Waals surface area contributed by atoms with Gasteiger partial charge in [-0.25, -0.2) is 0 Å². The standard InChI is InChI=1S/C13H16ClNO/c1-9-8-10(14)2-7-13(9)15-11-3-5-12(16)6-4-11/h2,7-8,11,15H,3-6H2,1H3. The first-order chi connectivity index (χ1) is 7.65. The molecule has 2 rings (SSSR count). The largest absolute Gasteiger partial charge is 0.382 e. The van der Waals surface area contributed by atoms with Gasteiger partial charge in [0.1, 0.15) is 5.78 Å². The predicted octanol–water partition coefficient (Wildman–Crippen LogP) is 3.57. The summed E-state index contributed by atoms with van der Waals surface area (Å²) in [7, 11) is 0. The zero-order valence-electron chi connectivity index (χ0n) is 9.42. The number of Topliss-reactive ketones (excluding diaryl/α,β-unsaturated/α-hetero) is 1. The minimum absolute atomic E-state index is 0.394. The van der Waals surface area contributed by atoms with Gasteiger partial charge in [-0.1, -0.05) is 11.6 Å². The van der Waals surface area contributed by atoms with Gasteiger partial charge in [0.05, 0.1) is 0 Å². The molecule has 16 heavy (non-hydrogen) atoms. The highest BCUT2D eigenvalue weighted by molar-refractivity contribution is 6.30. The molecule has 0 aliphatic heterocycles. The Labute approximate surface area is 101 Å². The number of rotatable bonds is 2. The number of aryl methyl sites for hydroxylation is 1. The maximum absolute atomic E-state index is 11.1. The summed E-state index contributed by atoms with van der Waals surface area (Å²) in [5.41, 5.74) is 2.29.